The van der Waals surface area contributed by atoms with E-state index in [1.807, 2.05) is 33.8 Å². The molecule has 29 heavy (non-hydrogen) atoms. The summed E-state index contributed by atoms with van der Waals surface area (Å²) in [5.41, 5.74) is 2.38. The van der Waals surface area contributed by atoms with Gasteiger partial charge in [0, 0.05) is 35.8 Å². The maximum atomic E-state index is 13.3. The van der Waals surface area contributed by atoms with Crippen molar-refractivity contribution in [3.05, 3.63) is 47.8 Å². The number of pyridine rings is 1. The fraction of sp³-hybridized carbons (Fsp3) is 0.409. The zero-order valence-electron chi connectivity index (χ0n) is 17.3. The third-order valence-electron chi connectivity index (χ3n) is 5.48. The fourth-order valence-corrected chi connectivity index (χ4v) is 4.03. The van der Waals surface area contributed by atoms with Gasteiger partial charge in [0.2, 0.25) is 0 Å². The Kier molecular flexibility index (Phi) is 5.13. The van der Waals surface area contributed by atoms with E-state index >= 15 is 0 Å². The van der Waals surface area contributed by atoms with Crippen LogP contribution in [0.15, 0.2) is 36.7 Å². The summed E-state index contributed by atoms with van der Waals surface area (Å²) in [6.45, 7) is 4.83. The molecule has 1 aliphatic heterocycles. The summed E-state index contributed by atoms with van der Waals surface area (Å²) in [6, 6.07) is 7.83. The number of benzene rings is 1. The Morgan fingerprint density at radius 1 is 1.17 bits per heavy atom. The molecule has 1 atom stereocenters. The molecule has 1 unspecified atom stereocenters. The number of aromatic nitrogens is 3. The van der Waals surface area contributed by atoms with Gasteiger partial charge in [-0.05, 0) is 44.9 Å². The van der Waals surface area contributed by atoms with Crippen LogP contribution in [-0.2, 0) is 0 Å². The minimum Gasteiger partial charge on any atom is -0.497 e. The number of carbonyl (C=O) groups excluding carboxylic acids is 1. The summed E-state index contributed by atoms with van der Waals surface area (Å²) < 4.78 is 12.7. The molecule has 1 amide bonds. The van der Waals surface area contributed by atoms with Crippen molar-refractivity contribution in [3.63, 3.8) is 0 Å². The molecule has 1 saturated heterocycles. The minimum absolute atomic E-state index is 0.0166. The topological polar surface area (TPSA) is 69.5 Å². The Morgan fingerprint density at radius 2 is 2.00 bits per heavy atom. The lowest BCUT2D eigenvalue weighted by Crippen LogP contribution is -2.30. The van der Waals surface area contributed by atoms with Gasteiger partial charge in [-0.15, -0.1) is 0 Å². The summed E-state index contributed by atoms with van der Waals surface area (Å²) in [4.78, 5) is 19.8. The summed E-state index contributed by atoms with van der Waals surface area (Å²) in [6.07, 6.45) is 5.28. The van der Waals surface area contributed by atoms with Gasteiger partial charge in [-0.25, -0.2) is 9.67 Å². The molecule has 0 saturated carbocycles. The lowest BCUT2D eigenvalue weighted by Gasteiger charge is -2.26. The molecule has 4 rings (SSSR count). The maximum absolute atomic E-state index is 13.3. The van der Waals surface area contributed by atoms with Crippen LogP contribution in [0.25, 0.3) is 11.0 Å². The molecule has 2 aromatic heterocycles. The van der Waals surface area contributed by atoms with Crippen molar-refractivity contribution in [2.45, 2.75) is 38.8 Å². The van der Waals surface area contributed by atoms with Crippen molar-refractivity contribution in [1.82, 2.24) is 19.7 Å². The van der Waals surface area contributed by atoms with Gasteiger partial charge >= 0.3 is 0 Å². The summed E-state index contributed by atoms with van der Waals surface area (Å²) in [7, 11) is 3.27. The van der Waals surface area contributed by atoms with Gasteiger partial charge in [0.05, 0.1) is 32.0 Å². The highest BCUT2D eigenvalue weighted by Crippen LogP contribution is 2.39. The Balaban J connectivity index is 1.65. The second-order valence-electron chi connectivity index (χ2n) is 7.58. The summed E-state index contributed by atoms with van der Waals surface area (Å²) in [5, 5.41) is 5.27. The Bertz CT molecular complexity index is 1040. The first-order valence-corrected chi connectivity index (χ1v) is 9.89. The van der Waals surface area contributed by atoms with Crippen LogP contribution in [0.4, 0.5) is 0 Å². The van der Waals surface area contributed by atoms with Gasteiger partial charge < -0.3 is 14.4 Å². The predicted molar refractivity (Wildman–Crippen MR) is 110 cm³/mol. The minimum atomic E-state index is -0.0301. The third-order valence-corrected chi connectivity index (χ3v) is 5.48. The Morgan fingerprint density at radius 3 is 2.72 bits per heavy atom. The number of hydrogen-bond donors (Lipinski definition) is 0. The number of methoxy groups -OCH3 is 2. The van der Waals surface area contributed by atoms with Crippen LogP contribution < -0.4 is 9.47 Å². The third kappa shape index (κ3) is 3.41. The number of carbonyl (C=O) groups is 1. The number of ether oxygens (including phenoxy) is 2. The van der Waals surface area contributed by atoms with Gasteiger partial charge in [0.15, 0.2) is 5.65 Å². The molecule has 0 bridgehead atoms. The molecule has 0 aliphatic carbocycles. The molecule has 1 fully saturated rings. The lowest BCUT2D eigenvalue weighted by molar-refractivity contribution is 0.0734. The van der Waals surface area contributed by atoms with E-state index in [1.165, 1.54) is 0 Å². The van der Waals surface area contributed by atoms with Crippen molar-refractivity contribution in [1.29, 1.82) is 0 Å². The highest BCUT2D eigenvalue weighted by molar-refractivity contribution is 5.97. The number of fused-ring (bicyclic) bond motifs is 1. The molecule has 0 spiro atoms. The van der Waals surface area contributed by atoms with E-state index in [-0.39, 0.29) is 18.0 Å². The molecule has 3 aromatic rings. The largest absolute Gasteiger partial charge is 0.497 e. The van der Waals surface area contributed by atoms with Crippen molar-refractivity contribution in [3.8, 4) is 11.5 Å². The molecular weight excluding hydrogens is 368 g/mol. The summed E-state index contributed by atoms with van der Waals surface area (Å²) in [5.74, 6) is 1.45. The lowest BCUT2D eigenvalue weighted by atomic mass is 10.0. The fourth-order valence-electron chi connectivity index (χ4n) is 4.03. The zero-order chi connectivity index (χ0) is 20.5. The number of rotatable bonds is 5. The number of nitrogens with zero attached hydrogens (tertiary/aromatic N) is 4. The van der Waals surface area contributed by atoms with Crippen molar-refractivity contribution in [2.24, 2.45) is 0 Å². The maximum Gasteiger partial charge on any atom is 0.255 e. The second-order valence-corrected chi connectivity index (χ2v) is 7.58. The quantitative estimate of drug-likeness (QED) is 0.654. The van der Waals surface area contributed by atoms with E-state index in [2.05, 4.69) is 23.9 Å². The van der Waals surface area contributed by atoms with Gasteiger partial charge in [-0.2, -0.15) is 5.10 Å². The van der Waals surface area contributed by atoms with Crippen molar-refractivity contribution >= 4 is 16.9 Å². The molecule has 7 nitrogen and oxygen atoms in total. The molecule has 1 aliphatic rings. The first kappa shape index (κ1) is 19.2. The first-order valence-electron chi connectivity index (χ1n) is 9.89. The van der Waals surface area contributed by atoms with Crippen LogP contribution in [0.3, 0.4) is 0 Å². The average Bonchev–Trinajstić information content (AvgIpc) is 3.39. The van der Waals surface area contributed by atoms with E-state index in [0.717, 1.165) is 40.9 Å². The number of amides is 1. The van der Waals surface area contributed by atoms with Gasteiger partial charge in [0.1, 0.15) is 11.5 Å². The van der Waals surface area contributed by atoms with Crippen LogP contribution in [0.2, 0.25) is 0 Å². The molecular formula is C22H26N4O3. The monoisotopic (exact) mass is 394 g/mol. The highest BCUT2D eigenvalue weighted by atomic mass is 16.5. The van der Waals surface area contributed by atoms with Crippen LogP contribution >= 0.6 is 0 Å². The van der Waals surface area contributed by atoms with Crippen LogP contribution in [0.1, 0.15) is 54.7 Å². The van der Waals surface area contributed by atoms with Gasteiger partial charge in [-0.1, -0.05) is 0 Å². The number of likely N-dealkylation sites (tertiary alicyclic amines) is 1. The van der Waals surface area contributed by atoms with E-state index in [0.29, 0.717) is 12.1 Å². The van der Waals surface area contributed by atoms with Gasteiger partial charge in [-0.3, -0.25) is 4.79 Å². The standard InChI is InChI=1S/C22H26N4O3/c1-14(2)26-21-15(13-24-26)10-16(12-23-21)22(27)25-9-5-6-19(25)18-8-7-17(28-3)11-20(18)29-4/h7-8,10-14,19H,5-6,9H2,1-4H3. The van der Waals surface area contributed by atoms with E-state index < -0.39 is 0 Å². The van der Waals surface area contributed by atoms with E-state index in [9.17, 15) is 4.79 Å². The van der Waals surface area contributed by atoms with E-state index in [1.54, 1.807) is 26.6 Å². The van der Waals surface area contributed by atoms with Crippen LogP contribution in [0.5, 0.6) is 11.5 Å². The van der Waals surface area contributed by atoms with Crippen LogP contribution in [0, 0.1) is 0 Å². The SMILES string of the molecule is COc1ccc(C2CCCN2C(=O)c2cnc3c(cnn3C(C)C)c2)c(OC)c1. The van der Waals surface area contributed by atoms with Gasteiger partial charge in [0.25, 0.3) is 5.91 Å². The molecule has 0 radical (unpaired) electrons. The van der Waals surface area contributed by atoms with Crippen molar-refractivity contribution < 1.29 is 14.3 Å². The first-order chi connectivity index (χ1) is 14.0. The predicted octanol–water partition coefficient (Wildman–Crippen LogP) is 4.01. The average molecular weight is 394 g/mol. The Labute approximate surface area is 170 Å². The molecule has 0 N–H and O–H groups in total. The second kappa shape index (κ2) is 7.73. The smallest absolute Gasteiger partial charge is 0.255 e. The Hall–Kier alpha value is -3.09. The summed E-state index contributed by atoms with van der Waals surface area (Å²) >= 11 is 0. The molecule has 7 heteroatoms. The highest BCUT2D eigenvalue weighted by Gasteiger charge is 2.33. The van der Waals surface area contributed by atoms with Crippen LogP contribution in [-0.4, -0.2) is 46.3 Å². The zero-order valence-corrected chi connectivity index (χ0v) is 17.3. The number of hydrogen-bond acceptors (Lipinski definition) is 5. The van der Waals surface area contributed by atoms with E-state index in [4.69, 9.17) is 9.47 Å². The molecule has 1 aromatic carbocycles. The molecule has 152 valence electrons. The molecule has 3 heterocycles. The normalized spacial score (nSPS) is 16.6. The van der Waals surface area contributed by atoms with Crippen molar-refractivity contribution in [2.75, 3.05) is 20.8 Å².